The third-order valence-corrected chi connectivity index (χ3v) is 4.62. The van der Waals surface area contributed by atoms with Crippen molar-refractivity contribution in [1.29, 1.82) is 0 Å². The Labute approximate surface area is 132 Å². The Hall–Kier alpha value is -1.07. The van der Waals surface area contributed by atoms with E-state index in [0.717, 1.165) is 38.0 Å². The van der Waals surface area contributed by atoms with Gasteiger partial charge in [0.25, 0.3) is 5.91 Å². The van der Waals surface area contributed by atoms with Gasteiger partial charge in [-0.25, -0.2) is 0 Å². The van der Waals surface area contributed by atoms with E-state index in [1.54, 1.807) is 0 Å². The molecule has 0 radical (unpaired) electrons. The molecule has 0 aromatic carbocycles. The molecule has 0 aliphatic carbocycles. The summed E-state index contributed by atoms with van der Waals surface area (Å²) < 4.78 is 1.84. The monoisotopic (exact) mass is 312 g/mol. The molecule has 2 bridgehead atoms. The average molecular weight is 313 g/mol. The van der Waals surface area contributed by atoms with Crippen LogP contribution in [-0.2, 0) is 7.05 Å². The highest BCUT2D eigenvalue weighted by molar-refractivity contribution is 5.93. The van der Waals surface area contributed by atoms with Gasteiger partial charge in [0, 0.05) is 31.4 Å². The van der Waals surface area contributed by atoms with Gasteiger partial charge in [-0.2, -0.15) is 5.10 Å². The van der Waals surface area contributed by atoms with E-state index in [4.69, 9.17) is 0 Å². The van der Waals surface area contributed by atoms with Gasteiger partial charge in [0.1, 0.15) is 0 Å². The molecule has 1 N–H and O–H groups in total. The number of nitrogens with zero attached hydrogens (tertiary/aromatic N) is 3. The standard InChI is InChI=1S/C15H24N4O.ClH/c1-10(2)14-8-13(17-18(14)3)15(20)19-11-4-5-12(19)9-16-7-6-11;/h8,10-12,16H,4-7,9H2,1-3H3;1H. The molecular formula is C15H25ClN4O. The van der Waals surface area contributed by atoms with E-state index < -0.39 is 0 Å². The van der Waals surface area contributed by atoms with Crippen LogP contribution >= 0.6 is 12.4 Å². The topological polar surface area (TPSA) is 50.2 Å². The van der Waals surface area contributed by atoms with Crippen molar-refractivity contribution in [2.45, 2.75) is 51.1 Å². The van der Waals surface area contributed by atoms with Crippen molar-refractivity contribution >= 4 is 18.3 Å². The summed E-state index contributed by atoms with van der Waals surface area (Å²) in [6.07, 6.45) is 3.32. The van der Waals surface area contributed by atoms with E-state index in [1.165, 1.54) is 0 Å². The Balaban J connectivity index is 0.00000161. The SMILES string of the molecule is CC(C)c1cc(C(=O)N2C3CCNCC2CC3)nn1C.Cl. The summed E-state index contributed by atoms with van der Waals surface area (Å²) >= 11 is 0. The number of fused-ring (bicyclic) bond motifs is 2. The first-order valence-corrected chi connectivity index (χ1v) is 7.65. The fourth-order valence-corrected chi connectivity index (χ4v) is 3.57. The summed E-state index contributed by atoms with van der Waals surface area (Å²) in [5, 5.41) is 7.87. The molecule has 2 fully saturated rings. The molecule has 118 valence electrons. The number of aromatic nitrogens is 2. The van der Waals surface area contributed by atoms with Gasteiger partial charge in [-0.15, -0.1) is 12.4 Å². The summed E-state index contributed by atoms with van der Waals surface area (Å²) in [5.74, 6) is 0.500. The molecule has 0 saturated carbocycles. The lowest BCUT2D eigenvalue weighted by molar-refractivity contribution is 0.0673. The van der Waals surface area contributed by atoms with Crippen LogP contribution in [-0.4, -0.2) is 45.8 Å². The number of carbonyl (C=O) groups is 1. The third-order valence-electron chi connectivity index (χ3n) is 4.62. The first kappa shape index (κ1) is 16.3. The summed E-state index contributed by atoms with van der Waals surface area (Å²) in [6.45, 7) is 6.20. The van der Waals surface area contributed by atoms with Crippen molar-refractivity contribution in [2.75, 3.05) is 13.1 Å². The third kappa shape index (κ3) is 2.94. The molecule has 2 unspecified atom stereocenters. The van der Waals surface area contributed by atoms with Crippen molar-refractivity contribution in [1.82, 2.24) is 20.0 Å². The van der Waals surface area contributed by atoms with Gasteiger partial charge in [0.2, 0.25) is 0 Å². The summed E-state index contributed by atoms with van der Waals surface area (Å²) in [6, 6.07) is 2.71. The molecule has 3 rings (SSSR count). The Morgan fingerprint density at radius 3 is 2.71 bits per heavy atom. The fraction of sp³-hybridized carbons (Fsp3) is 0.733. The first-order valence-electron chi connectivity index (χ1n) is 7.65. The Kier molecular flexibility index (Phi) is 4.94. The van der Waals surface area contributed by atoms with E-state index in [1.807, 2.05) is 17.8 Å². The quantitative estimate of drug-likeness (QED) is 0.908. The number of rotatable bonds is 2. The van der Waals surface area contributed by atoms with Crippen molar-refractivity contribution in [3.63, 3.8) is 0 Å². The molecule has 3 heterocycles. The van der Waals surface area contributed by atoms with Crippen LogP contribution in [0.25, 0.3) is 0 Å². The summed E-state index contributed by atoms with van der Waals surface area (Å²) in [4.78, 5) is 14.9. The maximum atomic E-state index is 12.8. The zero-order valence-electron chi connectivity index (χ0n) is 13.0. The number of nitrogens with one attached hydrogen (secondary N) is 1. The lowest BCUT2D eigenvalue weighted by Gasteiger charge is -2.27. The van der Waals surface area contributed by atoms with Crippen molar-refractivity contribution < 1.29 is 4.79 Å². The molecule has 2 atom stereocenters. The van der Waals surface area contributed by atoms with Crippen molar-refractivity contribution in [3.05, 3.63) is 17.5 Å². The van der Waals surface area contributed by atoms with E-state index in [0.29, 0.717) is 23.7 Å². The zero-order chi connectivity index (χ0) is 14.3. The van der Waals surface area contributed by atoms with Crippen LogP contribution < -0.4 is 5.32 Å². The second kappa shape index (κ2) is 6.36. The van der Waals surface area contributed by atoms with Crippen molar-refractivity contribution in [3.8, 4) is 0 Å². The Morgan fingerprint density at radius 1 is 1.33 bits per heavy atom. The molecule has 2 saturated heterocycles. The van der Waals surface area contributed by atoms with Gasteiger partial charge in [-0.05, 0) is 37.8 Å². The number of hydrogen-bond acceptors (Lipinski definition) is 3. The predicted octanol–water partition coefficient (Wildman–Crippen LogP) is 1.93. The largest absolute Gasteiger partial charge is 0.330 e. The highest BCUT2D eigenvalue weighted by Crippen LogP contribution is 2.29. The van der Waals surface area contributed by atoms with Gasteiger partial charge in [-0.1, -0.05) is 13.8 Å². The lowest BCUT2D eigenvalue weighted by Crippen LogP contribution is -2.42. The molecular weight excluding hydrogens is 288 g/mol. The normalized spacial score (nSPS) is 24.9. The van der Waals surface area contributed by atoms with Gasteiger partial charge in [-0.3, -0.25) is 9.48 Å². The van der Waals surface area contributed by atoms with E-state index in [-0.39, 0.29) is 18.3 Å². The van der Waals surface area contributed by atoms with Crippen molar-refractivity contribution in [2.24, 2.45) is 7.05 Å². The average Bonchev–Trinajstić information content (AvgIpc) is 2.88. The molecule has 1 aromatic rings. The molecule has 2 aliphatic rings. The van der Waals surface area contributed by atoms with Gasteiger partial charge >= 0.3 is 0 Å². The Morgan fingerprint density at radius 2 is 2.05 bits per heavy atom. The molecule has 1 amide bonds. The van der Waals surface area contributed by atoms with Gasteiger partial charge in [0.05, 0.1) is 0 Å². The number of aryl methyl sites for hydroxylation is 1. The fourth-order valence-electron chi connectivity index (χ4n) is 3.57. The predicted molar refractivity (Wildman–Crippen MR) is 85.0 cm³/mol. The van der Waals surface area contributed by atoms with Crippen LogP contribution in [0.15, 0.2) is 6.07 Å². The molecule has 0 spiro atoms. The van der Waals surface area contributed by atoms with Gasteiger partial charge in [0.15, 0.2) is 5.69 Å². The highest BCUT2D eigenvalue weighted by Gasteiger charge is 2.39. The van der Waals surface area contributed by atoms with E-state index in [9.17, 15) is 4.79 Å². The second-order valence-corrected chi connectivity index (χ2v) is 6.32. The minimum Gasteiger partial charge on any atom is -0.330 e. The minimum absolute atomic E-state index is 0. The number of carbonyl (C=O) groups excluding carboxylic acids is 1. The Bertz CT molecular complexity index is 500. The lowest BCUT2D eigenvalue weighted by atomic mass is 10.1. The molecule has 1 aromatic heterocycles. The maximum absolute atomic E-state index is 12.8. The summed E-state index contributed by atoms with van der Waals surface area (Å²) in [5.41, 5.74) is 1.73. The van der Waals surface area contributed by atoms with E-state index in [2.05, 4.69) is 29.2 Å². The first-order chi connectivity index (χ1) is 9.58. The molecule has 5 nitrogen and oxygen atoms in total. The smallest absolute Gasteiger partial charge is 0.274 e. The second-order valence-electron chi connectivity index (χ2n) is 6.32. The van der Waals surface area contributed by atoms with Gasteiger partial charge < -0.3 is 10.2 Å². The van der Waals surface area contributed by atoms with Crippen LogP contribution in [0.2, 0.25) is 0 Å². The van der Waals surface area contributed by atoms with Crippen LogP contribution in [0, 0.1) is 0 Å². The molecule has 21 heavy (non-hydrogen) atoms. The number of amides is 1. The summed E-state index contributed by atoms with van der Waals surface area (Å²) in [7, 11) is 1.92. The molecule has 6 heteroatoms. The van der Waals surface area contributed by atoms with Crippen LogP contribution in [0.3, 0.4) is 0 Å². The van der Waals surface area contributed by atoms with Crippen LogP contribution in [0.1, 0.15) is 55.2 Å². The zero-order valence-corrected chi connectivity index (χ0v) is 13.8. The van der Waals surface area contributed by atoms with Crippen LogP contribution in [0.4, 0.5) is 0 Å². The highest BCUT2D eigenvalue weighted by atomic mass is 35.5. The molecule has 2 aliphatic heterocycles. The van der Waals surface area contributed by atoms with Crippen LogP contribution in [0.5, 0.6) is 0 Å². The maximum Gasteiger partial charge on any atom is 0.274 e. The van der Waals surface area contributed by atoms with E-state index >= 15 is 0 Å². The number of halogens is 1. The minimum atomic E-state index is 0. The number of hydrogen-bond donors (Lipinski definition) is 1.